The number of amidine groups is 1. The number of halogens is 1. The zero-order chi connectivity index (χ0) is 15.7. The fourth-order valence-electron chi connectivity index (χ4n) is 2.61. The van der Waals surface area contributed by atoms with Crippen LogP contribution < -0.4 is 10.6 Å². The minimum Gasteiger partial charge on any atom is -0.386 e. The normalized spacial score (nSPS) is 14.9. The molecule has 0 aliphatic carbocycles. The highest BCUT2D eigenvalue weighted by molar-refractivity contribution is 6.33. The Bertz CT molecular complexity index is 741. The summed E-state index contributed by atoms with van der Waals surface area (Å²) in [6.07, 6.45) is 3.53. The predicted octanol–water partition coefficient (Wildman–Crippen LogP) is 2.59. The first-order valence-electron chi connectivity index (χ1n) is 7.17. The molecule has 2 aromatic heterocycles. The number of rotatable bonds is 2. The lowest BCUT2D eigenvalue weighted by Gasteiger charge is -2.26. The Morgan fingerprint density at radius 2 is 2.00 bits per heavy atom. The molecule has 2 N–H and O–H groups in total. The third kappa shape index (κ3) is 2.90. The average Bonchev–Trinajstić information content (AvgIpc) is 2.48. The van der Waals surface area contributed by atoms with E-state index in [4.69, 9.17) is 17.3 Å². The number of aryl methyl sites for hydroxylation is 2. The molecule has 0 spiro atoms. The van der Waals surface area contributed by atoms with Gasteiger partial charge in [-0.3, -0.25) is 9.98 Å². The van der Waals surface area contributed by atoms with Crippen molar-refractivity contribution < 1.29 is 0 Å². The van der Waals surface area contributed by atoms with Crippen LogP contribution in [0.4, 0.5) is 5.82 Å². The summed E-state index contributed by atoms with van der Waals surface area (Å²) in [4.78, 5) is 15.3. The first-order chi connectivity index (χ1) is 10.5. The number of pyridine rings is 2. The summed E-state index contributed by atoms with van der Waals surface area (Å²) in [6.45, 7) is 6.15. The van der Waals surface area contributed by atoms with Crippen LogP contribution >= 0.6 is 11.6 Å². The molecule has 0 radical (unpaired) electrons. The molecule has 0 saturated heterocycles. The van der Waals surface area contributed by atoms with E-state index in [1.165, 1.54) is 0 Å². The number of hydrogen-bond donors (Lipinski definition) is 1. The van der Waals surface area contributed by atoms with Gasteiger partial charge in [-0.15, -0.1) is 0 Å². The van der Waals surface area contributed by atoms with E-state index in [0.717, 1.165) is 34.7 Å². The summed E-state index contributed by atoms with van der Waals surface area (Å²) in [5.41, 5.74) is 9.83. The van der Waals surface area contributed by atoms with E-state index in [1.807, 2.05) is 26.1 Å². The summed E-state index contributed by atoms with van der Waals surface area (Å²) < 4.78 is 0. The van der Waals surface area contributed by atoms with E-state index < -0.39 is 0 Å². The van der Waals surface area contributed by atoms with Crippen LogP contribution in [0.1, 0.15) is 11.1 Å². The third-order valence-corrected chi connectivity index (χ3v) is 3.97. The summed E-state index contributed by atoms with van der Waals surface area (Å²) in [5.74, 6) is 1.48. The molecule has 3 rings (SSSR count). The number of nitrogens with two attached hydrogens (primary N) is 1. The van der Waals surface area contributed by atoms with Gasteiger partial charge in [-0.25, -0.2) is 4.98 Å². The second-order valence-electron chi connectivity index (χ2n) is 5.50. The molecular weight excluding hydrogens is 298 g/mol. The van der Waals surface area contributed by atoms with Crippen LogP contribution in [0.3, 0.4) is 0 Å². The standard InChI is InChI=1S/C16H18ClN5/c1-10-5-11(2)16(21-7-10)12-6-15(20-8-13(12)17)22-4-3-19-14(18)9-22/h5-8H,3-4,9H2,1-2H3,(H2,18,19). The maximum Gasteiger partial charge on any atom is 0.129 e. The topological polar surface area (TPSA) is 67.4 Å². The summed E-state index contributed by atoms with van der Waals surface area (Å²) in [7, 11) is 0. The van der Waals surface area contributed by atoms with E-state index in [-0.39, 0.29) is 0 Å². The van der Waals surface area contributed by atoms with E-state index in [0.29, 0.717) is 23.9 Å². The molecular formula is C16H18ClN5. The molecule has 3 heterocycles. The number of nitrogens with zero attached hydrogens (tertiary/aromatic N) is 4. The smallest absolute Gasteiger partial charge is 0.129 e. The molecule has 1 aliphatic rings. The molecule has 1 aliphatic heterocycles. The van der Waals surface area contributed by atoms with Gasteiger partial charge in [-0.1, -0.05) is 17.7 Å². The van der Waals surface area contributed by atoms with Gasteiger partial charge < -0.3 is 10.6 Å². The molecule has 2 aromatic rings. The maximum atomic E-state index is 6.34. The van der Waals surface area contributed by atoms with Gasteiger partial charge in [0.15, 0.2) is 0 Å². The number of aromatic nitrogens is 2. The second kappa shape index (κ2) is 5.93. The third-order valence-electron chi connectivity index (χ3n) is 3.67. The molecule has 5 nitrogen and oxygen atoms in total. The van der Waals surface area contributed by atoms with Gasteiger partial charge in [0.1, 0.15) is 11.7 Å². The van der Waals surface area contributed by atoms with E-state index >= 15 is 0 Å². The quantitative estimate of drug-likeness (QED) is 0.925. The summed E-state index contributed by atoms with van der Waals surface area (Å²) in [5, 5.41) is 0.599. The number of aliphatic imine (C=N–C) groups is 1. The van der Waals surface area contributed by atoms with Crippen LogP contribution in [0, 0.1) is 13.8 Å². The van der Waals surface area contributed by atoms with Crippen LogP contribution in [0.5, 0.6) is 0 Å². The fraction of sp³-hybridized carbons (Fsp3) is 0.312. The fourth-order valence-corrected chi connectivity index (χ4v) is 2.81. The molecule has 0 saturated carbocycles. The monoisotopic (exact) mass is 315 g/mol. The van der Waals surface area contributed by atoms with Gasteiger partial charge in [-0.05, 0) is 31.0 Å². The highest BCUT2D eigenvalue weighted by Gasteiger charge is 2.17. The van der Waals surface area contributed by atoms with Crippen molar-refractivity contribution in [3.8, 4) is 11.3 Å². The van der Waals surface area contributed by atoms with E-state index in [2.05, 4.69) is 25.9 Å². The van der Waals surface area contributed by atoms with Gasteiger partial charge in [0.05, 0.1) is 23.8 Å². The van der Waals surface area contributed by atoms with Crippen LogP contribution in [0.25, 0.3) is 11.3 Å². The largest absolute Gasteiger partial charge is 0.386 e. The van der Waals surface area contributed by atoms with Gasteiger partial charge in [0.2, 0.25) is 0 Å². The van der Waals surface area contributed by atoms with Gasteiger partial charge in [0, 0.05) is 24.5 Å². The minimum atomic E-state index is 0.592. The lowest BCUT2D eigenvalue weighted by atomic mass is 10.1. The molecule has 0 atom stereocenters. The average molecular weight is 316 g/mol. The predicted molar refractivity (Wildman–Crippen MR) is 90.7 cm³/mol. The van der Waals surface area contributed by atoms with Crippen molar-refractivity contribution >= 4 is 23.3 Å². The second-order valence-corrected chi connectivity index (χ2v) is 5.90. The summed E-state index contributed by atoms with van der Waals surface area (Å²) >= 11 is 6.34. The first kappa shape index (κ1) is 14.8. The molecule has 22 heavy (non-hydrogen) atoms. The van der Waals surface area contributed by atoms with Crippen LogP contribution in [0.15, 0.2) is 29.5 Å². The first-order valence-corrected chi connectivity index (χ1v) is 7.55. The van der Waals surface area contributed by atoms with Crippen LogP contribution in [-0.4, -0.2) is 35.4 Å². The Hall–Kier alpha value is -2.14. The zero-order valence-electron chi connectivity index (χ0n) is 12.7. The molecule has 0 fully saturated rings. The Labute approximate surface area is 134 Å². The van der Waals surface area contributed by atoms with Crippen LogP contribution in [-0.2, 0) is 0 Å². The Morgan fingerprint density at radius 1 is 1.18 bits per heavy atom. The number of hydrogen-bond acceptors (Lipinski definition) is 5. The number of anilines is 1. The molecule has 0 amide bonds. The van der Waals surface area contributed by atoms with E-state index in [1.54, 1.807) is 6.20 Å². The van der Waals surface area contributed by atoms with Gasteiger partial charge >= 0.3 is 0 Å². The maximum absolute atomic E-state index is 6.34. The van der Waals surface area contributed by atoms with Crippen molar-refractivity contribution in [2.75, 3.05) is 24.5 Å². The van der Waals surface area contributed by atoms with E-state index in [9.17, 15) is 0 Å². The van der Waals surface area contributed by atoms with Crippen molar-refractivity contribution in [1.29, 1.82) is 0 Å². The molecule has 114 valence electrons. The Balaban J connectivity index is 2.01. The van der Waals surface area contributed by atoms with Crippen molar-refractivity contribution in [3.63, 3.8) is 0 Å². The van der Waals surface area contributed by atoms with Crippen molar-refractivity contribution in [1.82, 2.24) is 9.97 Å². The van der Waals surface area contributed by atoms with Crippen LogP contribution in [0.2, 0.25) is 5.02 Å². The Morgan fingerprint density at radius 3 is 2.73 bits per heavy atom. The van der Waals surface area contributed by atoms with Gasteiger partial charge in [-0.2, -0.15) is 0 Å². The van der Waals surface area contributed by atoms with Gasteiger partial charge in [0.25, 0.3) is 0 Å². The zero-order valence-corrected chi connectivity index (χ0v) is 13.4. The molecule has 0 unspecified atom stereocenters. The van der Waals surface area contributed by atoms with Crippen molar-refractivity contribution in [2.45, 2.75) is 13.8 Å². The highest BCUT2D eigenvalue weighted by atomic mass is 35.5. The lowest BCUT2D eigenvalue weighted by Crippen LogP contribution is -2.40. The molecule has 0 bridgehead atoms. The lowest BCUT2D eigenvalue weighted by molar-refractivity contribution is 0.803. The highest BCUT2D eigenvalue weighted by Crippen LogP contribution is 2.31. The minimum absolute atomic E-state index is 0.592. The molecule has 0 aromatic carbocycles. The van der Waals surface area contributed by atoms with Crippen molar-refractivity contribution in [3.05, 3.63) is 40.7 Å². The van der Waals surface area contributed by atoms with Crippen molar-refractivity contribution in [2.24, 2.45) is 10.7 Å². The Kier molecular flexibility index (Phi) is 3.98. The SMILES string of the molecule is Cc1cnc(-c2cc(N3CCN=C(N)C3)ncc2Cl)c(C)c1. The summed E-state index contributed by atoms with van der Waals surface area (Å²) in [6, 6.07) is 4.08. The molecule has 6 heteroatoms.